The second-order valence-corrected chi connectivity index (χ2v) is 2.94. The summed E-state index contributed by atoms with van der Waals surface area (Å²) in [6.45, 7) is 6.10. The van der Waals surface area contributed by atoms with Crippen molar-refractivity contribution in [2.24, 2.45) is 5.73 Å². The standard InChI is InChI=1S/C11H19N/c1-4-5-6-7-8-9-10(2)11(3)12/h6-9H,4-5,12H2,1-3H3/b7-6+,9-8-,11-10+. The van der Waals surface area contributed by atoms with Crippen LogP contribution in [0.3, 0.4) is 0 Å². The highest BCUT2D eigenvalue weighted by Gasteiger charge is 1.82. The predicted octanol–water partition coefficient (Wildman–Crippen LogP) is 3.15. The van der Waals surface area contributed by atoms with Crippen molar-refractivity contribution in [1.29, 1.82) is 0 Å². The minimum atomic E-state index is 0.884. The van der Waals surface area contributed by atoms with Gasteiger partial charge in [0.1, 0.15) is 0 Å². The molecule has 0 amide bonds. The van der Waals surface area contributed by atoms with E-state index in [-0.39, 0.29) is 0 Å². The minimum Gasteiger partial charge on any atom is -0.402 e. The quantitative estimate of drug-likeness (QED) is 0.636. The van der Waals surface area contributed by atoms with Crippen molar-refractivity contribution in [2.75, 3.05) is 0 Å². The van der Waals surface area contributed by atoms with Gasteiger partial charge in [-0.15, -0.1) is 0 Å². The van der Waals surface area contributed by atoms with Crippen molar-refractivity contribution in [1.82, 2.24) is 0 Å². The first-order chi connectivity index (χ1) is 5.68. The Balaban J connectivity index is 3.84. The lowest BCUT2D eigenvalue weighted by Gasteiger charge is -1.93. The van der Waals surface area contributed by atoms with E-state index in [0.29, 0.717) is 0 Å². The molecule has 0 radical (unpaired) electrons. The van der Waals surface area contributed by atoms with Crippen LogP contribution in [0.2, 0.25) is 0 Å². The molecule has 0 atom stereocenters. The number of hydrogen-bond donors (Lipinski definition) is 1. The maximum Gasteiger partial charge on any atom is 0.00785 e. The molecule has 2 N–H and O–H groups in total. The van der Waals surface area contributed by atoms with E-state index in [0.717, 1.165) is 17.7 Å². The molecule has 12 heavy (non-hydrogen) atoms. The van der Waals surface area contributed by atoms with E-state index in [1.54, 1.807) is 0 Å². The third-order valence-electron chi connectivity index (χ3n) is 1.67. The van der Waals surface area contributed by atoms with Crippen LogP contribution < -0.4 is 5.73 Å². The maximum atomic E-state index is 5.58. The van der Waals surface area contributed by atoms with Gasteiger partial charge in [-0.05, 0) is 25.8 Å². The van der Waals surface area contributed by atoms with Gasteiger partial charge in [-0.1, -0.05) is 37.6 Å². The van der Waals surface area contributed by atoms with Crippen LogP contribution in [0.15, 0.2) is 35.6 Å². The van der Waals surface area contributed by atoms with Crippen LogP contribution in [-0.2, 0) is 0 Å². The molecule has 0 saturated carbocycles. The molecule has 1 heteroatoms. The first-order valence-electron chi connectivity index (χ1n) is 4.44. The third kappa shape index (κ3) is 5.78. The summed E-state index contributed by atoms with van der Waals surface area (Å²) in [5, 5.41) is 0. The second-order valence-electron chi connectivity index (χ2n) is 2.94. The Morgan fingerprint density at radius 2 is 1.92 bits per heavy atom. The number of nitrogens with two attached hydrogens (primary N) is 1. The lowest BCUT2D eigenvalue weighted by Crippen LogP contribution is -1.92. The fourth-order valence-electron chi connectivity index (χ4n) is 0.673. The highest BCUT2D eigenvalue weighted by atomic mass is 14.5. The lowest BCUT2D eigenvalue weighted by atomic mass is 10.2. The lowest BCUT2D eigenvalue weighted by molar-refractivity contribution is 0.959. The van der Waals surface area contributed by atoms with Gasteiger partial charge in [0.15, 0.2) is 0 Å². The highest BCUT2D eigenvalue weighted by molar-refractivity contribution is 5.23. The van der Waals surface area contributed by atoms with E-state index in [2.05, 4.69) is 19.1 Å². The molecule has 0 heterocycles. The van der Waals surface area contributed by atoms with E-state index in [1.165, 1.54) is 6.42 Å². The van der Waals surface area contributed by atoms with Crippen LogP contribution in [0.4, 0.5) is 0 Å². The van der Waals surface area contributed by atoms with Crippen molar-refractivity contribution in [3.05, 3.63) is 35.6 Å². The van der Waals surface area contributed by atoms with Crippen LogP contribution >= 0.6 is 0 Å². The summed E-state index contributed by atoms with van der Waals surface area (Å²) in [6, 6.07) is 0. The van der Waals surface area contributed by atoms with Crippen LogP contribution in [0.25, 0.3) is 0 Å². The summed E-state index contributed by atoms with van der Waals surface area (Å²) >= 11 is 0. The molecule has 0 aromatic heterocycles. The predicted molar refractivity (Wildman–Crippen MR) is 55.7 cm³/mol. The van der Waals surface area contributed by atoms with Crippen molar-refractivity contribution < 1.29 is 0 Å². The molecule has 0 aromatic carbocycles. The average molecular weight is 165 g/mol. The van der Waals surface area contributed by atoms with E-state index >= 15 is 0 Å². The van der Waals surface area contributed by atoms with Gasteiger partial charge in [-0.3, -0.25) is 0 Å². The van der Waals surface area contributed by atoms with Gasteiger partial charge in [-0.25, -0.2) is 0 Å². The van der Waals surface area contributed by atoms with Crippen LogP contribution in [-0.4, -0.2) is 0 Å². The molecule has 0 aromatic rings. The van der Waals surface area contributed by atoms with Crippen molar-refractivity contribution in [2.45, 2.75) is 33.6 Å². The van der Waals surface area contributed by atoms with Gasteiger partial charge < -0.3 is 5.73 Å². The summed E-state index contributed by atoms with van der Waals surface area (Å²) in [5.41, 5.74) is 7.60. The van der Waals surface area contributed by atoms with Crippen molar-refractivity contribution in [3.8, 4) is 0 Å². The number of hydrogen-bond acceptors (Lipinski definition) is 1. The molecule has 0 aliphatic heterocycles. The number of unbranched alkanes of at least 4 members (excludes halogenated alkanes) is 1. The molecule has 0 spiro atoms. The molecular formula is C11H19N. The van der Waals surface area contributed by atoms with Crippen LogP contribution in [0.5, 0.6) is 0 Å². The molecule has 68 valence electrons. The van der Waals surface area contributed by atoms with Gasteiger partial charge in [0.25, 0.3) is 0 Å². The zero-order valence-corrected chi connectivity index (χ0v) is 8.30. The van der Waals surface area contributed by atoms with E-state index in [1.807, 2.05) is 26.0 Å². The van der Waals surface area contributed by atoms with E-state index in [4.69, 9.17) is 5.73 Å². The molecule has 0 saturated heterocycles. The normalized spacial score (nSPS) is 14.2. The highest BCUT2D eigenvalue weighted by Crippen LogP contribution is 1.98. The average Bonchev–Trinajstić information content (AvgIpc) is 2.03. The monoisotopic (exact) mass is 165 g/mol. The smallest absolute Gasteiger partial charge is 0.00785 e. The van der Waals surface area contributed by atoms with Crippen LogP contribution in [0.1, 0.15) is 33.6 Å². The van der Waals surface area contributed by atoms with Gasteiger partial charge in [-0.2, -0.15) is 0 Å². The Morgan fingerprint density at radius 1 is 1.25 bits per heavy atom. The molecule has 0 aliphatic carbocycles. The molecular weight excluding hydrogens is 146 g/mol. The third-order valence-corrected chi connectivity index (χ3v) is 1.67. The number of allylic oxidation sites excluding steroid dienone is 6. The SMILES string of the molecule is CCC/C=C/C=C\C(C)=C(/C)N. The second kappa shape index (κ2) is 6.71. The summed E-state index contributed by atoms with van der Waals surface area (Å²) in [6.07, 6.45) is 10.6. The Kier molecular flexibility index (Phi) is 6.16. The fraction of sp³-hybridized carbons (Fsp3) is 0.455. The first-order valence-corrected chi connectivity index (χ1v) is 4.44. The summed E-state index contributed by atoms with van der Waals surface area (Å²) < 4.78 is 0. The zero-order valence-electron chi connectivity index (χ0n) is 8.30. The molecule has 0 fully saturated rings. The van der Waals surface area contributed by atoms with E-state index < -0.39 is 0 Å². The minimum absolute atomic E-state index is 0.884. The molecule has 0 rings (SSSR count). The van der Waals surface area contributed by atoms with Gasteiger partial charge in [0.2, 0.25) is 0 Å². The molecule has 0 unspecified atom stereocenters. The van der Waals surface area contributed by atoms with Gasteiger partial charge in [0, 0.05) is 5.70 Å². The zero-order chi connectivity index (χ0) is 9.40. The van der Waals surface area contributed by atoms with Gasteiger partial charge in [0.05, 0.1) is 0 Å². The largest absolute Gasteiger partial charge is 0.402 e. The Morgan fingerprint density at radius 3 is 2.42 bits per heavy atom. The van der Waals surface area contributed by atoms with E-state index in [9.17, 15) is 0 Å². The summed E-state index contributed by atoms with van der Waals surface area (Å²) in [4.78, 5) is 0. The topological polar surface area (TPSA) is 26.0 Å². The van der Waals surface area contributed by atoms with Crippen molar-refractivity contribution in [3.63, 3.8) is 0 Å². The van der Waals surface area contributed by atoms with Crippen molar-refractivity contribution >= 4 is 0 Å². The Labute approximate surface area is 75.7 Å². The summed E-state index contributed by atoms with van der Waals surface area (Å²) in [7, 11) is 0. The van der Waals surface area contributed by atoms with Gasteiger partial charge >= 0.3 is 0 Å². The maximum absolute atomic E-state index is 5.58. The van der Waals surface area contributed by atoms with Crippen LogP contribution in [0, 0.1) is 0 Å². The molecule has 0 aliphatic rings. The molecule has 1 nitrogen and oxygen atoms in total. The Hall–Kier alpha value is -0.980. The number of rotatable bonds is 4. The summed E-state index contributed by atoms with van der Waals surface area (Å²) in [5.74, 6) is 0. The fourth-order valence-corrected chi connectivity index (χ4v) is 0.673. The first kappa shape index (κ1) is 11.0. The Bertz CT molecular complexity index is 193. The molecule has 0 bridgehead atoms.